The zero-order valence-corrected chi connectivity index (χ0v) is 18.8. The lowest BCUT2D eigenvalue weighted by Crippen LogP contribution is -2.51. The summed E-state index contributed by atoms with van der Waals surface area (Å²) in [5.74, 6) is 0.353. The van der Waals surface area contributed by atoms with E-state index in [4.69, 9.17) is 10.00 Å². The first-order chi connectivity index (χ1) is 16.1. The molecule has 0 spiro atoms. The number of benzene rings is 2. The third kappa shape index (κ3) is 4.68. The molecule has 2 atom stereocenters. The number of anilines is 1. The molecule has 0 aliphatic carbocycles. The van der Waals surface area contributed by atoms with Crippen LogP contribution in [0.25, 0.3) is 0 Å². The van der Waals surface area contributed by atoms with Gasteiger partial charge in [0.2, 0.25) is 0 Å². The van der Waals surface area contributed by atoms with Crippen molar-refractivity contribution in [2.24, 2.45) is 11.3 Å². The number of nitrogens with zero attached hydrogens (tertiary/aromatic N) is 3. The van der Waals surface area contributed by atoms with E-state index in [1.165, 1.54) is 12.1 Å². The number of carbonyl (C=O) groups excluding carboxylic acids is 1. The first kappa shape index (κ1) is 23.9. The summed E-state index contributed by atoms with van der Waals surface area (Å²) >= 11 is 0. The molecule has 180 valence electrons. The zero-order chi connectivity index (χ0) is 24.5. The Balaban J connectivity index is 1.46. The van der Waals surface area contributed by atoms with Crippen molar-refractivity contribution in [3.05, 3.63) is 59.2 Å². The number of carbonyl (C=O) groups is 1. The number of aryl methyl sites for hydroxylation is 1. The monoisotopic (exact) mass is 473 g/mol. The molecule has 0 saturated carbocycles. The van der Waals surface area contributed by atoms with Crippen LogP contribution in [0.5, 0.6) is 5.75 Å². The molecular formula is C25H26F3N3O3. The van der Waals surface area contributed by atoms with E-state index in [-0.39, 0.29) is 25.0 Å². The summed E-state index contributed by atoms with van der Waals surface area (Å²) in [4.78, 5) is 16.3. The Hall–Kier alpha value is -3.25. The van der Waals surface area contributed by atoms with E-state index >= 15 is 0 Å². The van der Waals surface area contributed by atoms with Gasteiger partial charge in [0.25, 0.3) is 5.91 Å². The molecule has 4 rings (SSSR count). The number of amides is 1. The largest absolute Gasteiger partial charge is 0.484 e. The Morgan fingerprint density at radius 2 is 2.06 bits per heavy atom. The highest BCUT2D eigenvalue weighted by Crippen LogP contribution is 2.45. The number of piperidine rings is 1. The molecule has 1 amide bonds. The van der Waals surface area contributed by atoms with E-state index < -0.39 is 22.7 Å². The van der Waals surface area contributed by atoms with Crippen molar-refractivity contribution in [1.29, 1.82) is 5.26 Å². The quantitative estimate of drug-likeness (QED) is 0.718. The summed E-state index contributed by atoms with van der Waals surface area (Å²) in [7, 11) is 0. The summed E-state index contributed by atoms with van der Waals surface area (Å²) in [5.41, 5.74) is -0.506. The lowest BCUT2D eigenvalue weighted by molar-refractivity contribution is -0.138. The molecule has 0 bridgehead atoms. The van der Waals surface area contributed by atoms with E-state index in [2.05, 4.69) is 0 Å². The fourth-order valence-electron chi connectivity index (χ4n) is 4.97. The van der Waals surface area contributed by atoms with Gasteiger partial charge in [-0.1, -0.05) is 12.1 Å². The predicted molar refractivity (Wildman–Crippen MR) is 119 cm³/mol. The fourth-order valence-corrected chi connectivity index (χ4v) is 4.97. The molecule has 2 heterocycles. The summed E-state index contributed by atoms with van der Waals surface area (Å²) in [5, 5.41) is 19.3. The van der Waals surface area contributed by atoms with Crippen LogP contribution in [0.2, 0.25) is 0 Å². The first-order valence-electron chi connectivity index (χ1n) is 11.1. The zero-order valence-electron chi connectivity index (χ0n) is 18.8. The van der Waals surface area contributed by atoms with Crippen LogP contribution in [0.4, 0.5) is 18.9 Å². The van der Waals surface area contributed by atoms with Crippen molar-refractivity contribution in [3.8, 4) is 11.8 Å². The van der Waals surface area contributed by atoms with Crippen molar-refractivity contribution >= 4 is 11.6 Å². The van der Waals surface area contributed by atoms with Gasteiger partial charge >= 0.3 is 6.18 Å². The molecule has 6 nitrogen and oxygen atoms in total. The molecule has 2 aliphatic heterocycles. The average Bonchev–Trinajstić information content (AvgIpc) is 3.21. The second-order valence-corrected chi connectivity index (χ2v) is 9.13. The van der Waals surface area contributed by atoms with Gasteiger partial charge in [0.1, 0.15) is 5.75 Å². The van der Waals surface area contributed by atoms with Crippen LogP contribution in [-0.4, -0.2) is 55.3 Å². The molecule has 0 unspecified atom stereocenters. The molecular weight excluding hydrogens is 447 g/mol. The summed E-state index contributed by atoms with van der Waals surface area (Å²) in [6.45, 7) is 3.36. The van der Waals surface area contributed by atoms with Crippen molar-refractivity contribution < 1.29 is 27.8 Å². The summed E-state index contributed by atoms with van der Waals surface area (Å²) in [6.07, 6.45) is -4.09. The van der Waals surface area contributed by atoms with Crippen LogP contribution in [-0.2, 0) is 11.0 Å². The van der Waals surface area contributed by atoms with Gasteiger partial charge in [-0.05, 0) is 49.2 Å². The van der Waals surface area contributed by atoms with Gasteiger partial charge in [0, 0.05) is 43.2 Å². The highest BCUT2D eigenvalue weighted by atomic mass is 19.4. The van der Waals surface area contributed by atoms with Crippen LogP contribution in [0.3, 0.4) is 0 Å². The van der Waals surface area contributed by atoms with Gasteiger partial charge < -0.3 is 19.6 Å². The number of likely N-dealkylation sites (tertiary alicyclic amines) is 1. The molecule has 2 aromatic carbocycles. The SMILES string of the molecule is Cc1cccc(OCC(=O)N2CC[C@@]3(CO)CN(c4ccc(C#N)c(C(F)(F)F)c4)C[C@H]3C2)c1. The number of hydrogen-bond acceptors (Lipinski definition) is 5. The summed E-state index contributed by atoms with van der Waals surface area (Å²) < 4.78 is 45.9. The van der Waals surface area contributed by atoms with Crippen molar-refractivity contribution in [3.63, 3.8) is 0 Å². The molecule has 0 radical (unpaired) electrons. The van der Waals surface area contributed by atoms with Crippen LogP contribution < -0.4 is 9.64 Å². The number of alkyl halides is 3. The fraction of sp³-hybridized carbons (Fsp3) is 0.440. The number of rotatable bonds is 5. The predicted octanol–water partition coefficient (Wildman–Crippen LogP) is 3.61. The minimum atomic E-state index is -4.64. The maximum Gasteiger partial charge on any atom is 0.417 e. The van der Waals surface area contributed by atoms with Crippen LogP contribution in [0, 0.1) is 29.6 Å². The Kier molecular flexibility index (Phi) is 6.45. The number of nitriles is 1. The second-order valence-electron chi connectivity index (χ2n) is 9.13. The Labute approximate surface area is 196 Å². The molecule has 0 aromatic heterocycles. The number of halogens is 3. The maximum atomic E-state index is 13.4. The van der Waals surface area contributed by atoms with Gasteiger partial charge in [-0.25, -0.2) is 0 Å². The maximum absolute atomic E-state index is 13.4. The molecule has 2 fully saturated rings. The second kappa shape index (κ2) is 9.18. The van der Waals surface area contributed by atoms with E-state index in [0.717, 1.165) is 11.6 Å². The van der Waals surface area contributed by atoms with E-state index in [9.17, 15) is 23.1 Å². The van der Waals surface area contributed by atoms with Crippen LogP contribution >= 0.6 is 0 Å². The highest BCUT2D eigenvalue weighted by Gasteiger charge is 2.50. The highest BCUT2D eigenvalue weighted by molar-refractivity contribution is 5.78. The topological polar surface area (TPSA) is 76.8 Å². The molecule has 2 aromatic rings. The normalized spacial score (nSPS) is 22.3. The average molecular weight is 473 g/mol. The van der Waals surface area contributed by atoms with E-state index in [1.807, 2.05) is 30.0 Å². The Morgan fingerprint density at radius 1 is 1.26 bits per heavy atom. The van der Waals surface area contributed by atoms with E-state index in [1.54, 1.807) is 17.0 Å². The van der Waals surface area contributed by atoms with Crippen LogP contribution in [0.15, 0.2) is 42.5 Å². The van der Waals surface area contributed by atoms with Gasteiger partial charge in [0.15, 0.2) is 6.61 Å². The Bertz CT molecular complexity index is 1110. The number of aliphatic hydroxyl groups is 1. The molecule has 1 N–H and O–H groups in total. The van der Waals surface area contributed by atoms with Gasteiger partial charge in [-0.2, -0.15) is 18.4 Å². The molecule has 9 heteroatoms. The third-order valence-corrected chi connectivity index (χ3v) is 6.95. The van der Waals surface area contributed by atoms with Gasteiger partial charge in [-0.3, -0.25) is 4.79 Å². The lowest BCUT2D eigenvalue weighted by atomic mass is 9.73. The van der Waals surface area contributed by atoms with Crippen LogP contribution in [0.1, 0.15) is 23.1 Å². The van der Waals surface area contributed by atoms with E-state index in [0.29, 0.717) is 44.0 Å². The number of fused-ring (bicyclic) bond motifs is 1. The minimum Gasteiger partial charge on any atom is -0.484 e. The van der Waals surface area contributed by atoms with Gasteiger partial charge in [0.05, 0.1) is 23.8 Å². The first-order valence-corrected chi connectivity index (χ1v) is 11.1. The number of hydrogen-bond donors (Lipinski definition) is 1. The minimum absolute atomic E-state index is 0.0980. The number of aliphatic hydroxyl groups excluding tert-OH is 1. The number of ether oxygens (including phenoxy) is 1. The molecule has 2 saturated heterocycles. The molecule has 34 heavy (non-hydrogen) atoms. The molecule has 2 aliphatic rings. The lowest BCUT2D eigenvalue weighted by Gasteiger charge is -2.42. The smallest absolute Gasteiger partial charge is 0.417 e. The standard InChI is InChI=1S/C25H26F3N3O3/c1-17-3-2-4-21(9-17)34-14-23(33)30-8-7-24(16-32)15-31(13-19(24)12-30)20-6-5-18(11-29)22(10-20)25(26,27)28/h2-6,9-10,19,32H,7-8,12-16H2,1H3/t19-,24+/m1/s1. The Morgan fingerprint density at radius 3 is 2.74 bits per heavy atom. The van der Waals surface area contributed by atoms with Crippen molar-refractivity contribution in [2.75, 3.05) is 44.3 Å². The van der Waals surface area contributed by atoms with Gasteiger partial charge in [-0.15, -0.1) is 0 Å². The van der Waals surface area contributed by atoms with Crippen molar-refractivity contribution in [1.82, 2.24) is 4.90 Å². The summed E-state index contributed by atoms with van der Waals surface area (Å²) in [6, 6.07) is 12.7. The van der Waals surface area contributed by atoms with Crippen molar-refractivity contribution in [2.45, 2.75) is 19.5 Å². The third-order valence-electron chi connectivity index (χ3n) is 6.95.